The van der Waals surface area contributed by atoms with Gasteiger partial charge in [-0.15, -0.1) is 5.10 Å². The van der Waals surface area contributed by atoms with E-state index >= 15 is 0 Å². The first kappa shape index (κ1) is 15.9. The van der Waals surface area contributed by atoms with Crippen LogP contribution in [-0.4, -0.2) is 20.8 Å². The van der Waals surface area contributed by atoms with Crippen molar-refractivity contribution in [2.45, 2.75) is 56.3 Å². The molecule has 0 saturated heterocycles. The summed E-state index contributed by atoms with van der Waals surface area (Å²) in [4.78, 5) is 12.9. The lowest BCUT2D eigenvalue weighted by Crippen LogP contribution is -2.19. The summed E-state index contributed by atoms with van der Waals surface area (Å²) >= 11 is 1.51. The Morgan fingerprint density at radius 3 is 2.67 bits per heavy atom. The number of hydrogen-bond donors (Lipinski definition) is 2. The van der Waals surface area contributed by atoms with E-state index in [1.807, 2.05) is 20.8 Å². The van der Waals surface area contributed by atoms with Crippen molar-refractivity contribution in [1.29, 1.82) is 0 Å². The van der Waals surface area contributed by atoms with Gasteiger partial charge in [0, 0.05) is 17.0 Å². The Morgan fingerprint density at radius 1 is 1.38 bits per heavy atom. The molecule has 1 heterocycles. The largest absolute Gasteiger partial charge is 0.344 e. The van der Waals surface area contributed by atoms with Gasteiger partial charge in [-0.3, -0.25) is 4.57 Å². The molecule has 3 N–H and O–H groups in total. The highest BCUT2D eigenvalue weighted by atomic mass is 32.2. The maximum Gasteiger partial charge on any atom is 0.344 e. The molecule has 0 aliphatic rings. The molecular formula is C15H22N4OS. The molecule has 1 unspecified atom stereocenters. The molecule has 1 aromatic heterocycles. The SMILES string of the molecule is Cc1cc(CC(C)N)ccc1Sc1n[nH]c(=O)n1C(C)C. The fourth-order valence-corrected chi connectivity index (χ4v) is 3.28. The quantitative estimate of drug-likeness (QED) is 0.890. The molecule has 2 rings (SSSR count). The second kappa shape index (κ2) is 6.49. The lowest BCUT2D eigenvalue weighted by Gasteiger charge is -2.11. The zero-order valence-electron chi connectivity index (χ0n) is 12.9. The third-order valence-electron chi connectivity index (χ3n) is 3.19. The van der Waals surface area contributed by atoms with Crippen LogP contribution in [0.2, 0.25) is 0 Å². The Hall–Kier alpha value is -1.53. The summed E-state index contributed by atoms with van der Waals surface area (Å²) < 4.78 is 1.67. The summed E-state index contributed by atoms with van der Waals surface area (Å²) in [7, 11) is 0. The van der Waals surface area contributed by atoms with Gasteiger partial charge in [-0.05, 0) is 63.1 Å². The lowest BCUT2D eigenvalue weighted by atomic mass is 10.1. The van der Waals surface area contributed by atoms with E-state index in [4.69, 9.17) is 5.73 Å². The average molecular weight is 306 g/mol. The molecule has 21 heavy (non-hydrogen) atoms. The van der Waals surface area contributed by atoms with Crippen molar-refractivity contribution in [2.75, 3.05) is 0 Å². The Balaban J connectivity index is 2.26. The van der Waals surface area contributed by atoms with Gasteiger partial charge in [0.15, 0.2) is 5.16 Å². The average Bonchev–Trinajstić information content (AvgIpc) is 2.73. The molecule has 1 atom stereocenters. The highest BCUT2D eigenvalue weighted by molar-refractivity contribution is 7.99. The molecule has 0 aliphatic heterocycles. The number of rotatable bonds is 5. The predicted molar refractivity (Wildman–Crippen MR) is 85.9 cm³/mol. The van der Waals surface area contributed by atoms with Crippen LogP contribution >= 0.6 is 11.8 Å². The van der Waals surface area contributed by atoms with Crippen LogP contribution in [0.1, 0.15) is 37.9 Å². The van der Waals surface area contributed by atoms with Crippen molar-refractivity contribution >= 4 is 11.8 Å². The molecular weight excluding hydrogens is 284 g/mol. The summed E-state index contributed by atoms with van der Waals surface area (Å²) in [6.07, 6.45) is 0.866. The standard InChI is InChI=1S/C15H22N4OS/c1-9(2)19-14(20)17-18-15(19)21-13-6-5-12(7-10(13)3)8-11(4)16/h5-7,9,11H,8,16H2,1-4H3,(H,17,20). The van der Waals surface area contributed by atoms with Crippen molar-refractivity contribution in [3.63, 3.8) is 0 Å². The molecule has 0 radical (unpaired) electrons. The van der Waals surface area contributed by atoms with Gasteiger partial charge in [-0.25, -0.2) is 9.89 Å². The maximum absolute atomic E-state index is 11.7. The minimum absolute atomic E-state index is 0.0800. The molecule has 2 aromatic rings. The van der Waals surface area contributed by atoms with Crippen LogP contribution in [0.4, 0.5) is 0 Å². The maximum atomic E-state index is 11.7. The van der Waals surface area contributed by atoms with Gasteiger partial charge in [0.1, 0.15) is 0 Å². The number of benzene rings is 1. The van der Waals surface area contributed by atoms with Crippen molar-refractivity contribution in [2.24, 2.45) is 5.73 Å². The third-order valence-corrected chi connectivity index (χ3v) is 4.34. The highest BCUT2D eigenvalue weighted by Crippen LogP contribution is 2.30. The molecule has 0 bridgehead atoms. The van der Waals surface area contributed by atoms with Crippen LogP contribution < -0.4 is 11.4 Å². The number of aromatic nitrogens is 3. The Bertz CT molecular complexity index is 673. The van der Waals surface area contributed by atoms with E-state index in [2.05, 4.69) is 35.3 Å². The van der Waals surface area contributed by atoms with E-state index in [1.54, 1.807) is 4.57 Å². The van der Waals surface area contributed by atoms with Crippen molar-refractivity contribution in [1.82, 2.24) is 14.8 Å². The molecule has 6 heteroatoms. The van der Waals surface area contributed by atoms with Crippen molar-refractivity contribution < 1.29 is 0 Å². The predicted octanol–water partition coefficient (Wildman–Crippen LogP) is 2.50. The van der Waals surface area contributed by atoms with Gasteiger partial charge >= 0.3 is 5.69 Å². The molecule has 0 spiro atoms. The zero-order chi connectivity index (χ0) is 15.6. The van der Waals surface area contributed by atoms with Crippen LogP contribution in [0.3, 0.4) is 0 Å². The normalized spacial score (nSPS) is 12.9. The minimum atomic E-state index is -0.168. The summed E-state index contributed by atoms with van der Waals surface area (Å²) in [5.74, 6) is 0. The molecule has 5 nitrogen and oxygen atoms in total. The molecule has 0 aliphatic carbocycles. The van der Waals surface area contributed by atoms with Gasteiger partial charge in [-0.1, -0.05) is 12.1 Å². The fourth-order valence-electron chi connectivity index (χ4n) is 2.24. The van der Waals surface area contributed by atoms with Gasteiger partial charge in [0.25, 0.3) is 0 Å². The summed E-state index contributed by atoms with van der Waals surface area (Å²) in [6, 6.07) is 6.54. The van der Waals surface area contributed by atoms with Crippen LogP contribution in [-0.2, 0) is 6.42 Å². The van der Waals surface area contributed by atoms with Gasteiger partial charge in [-0.2, -0.15) is 0 Å². The summed E-state index contributed by atoms with van der Waals surface area (Å²) in [6.45, 7) is 8.01. The Morgan fingerprint density at radius 2 is 2.10 bits per heavy atom. The lowest BCUT2D eigenvalue weighted by molar-refractivity contribution is 0.534. The molecule has 0 fully saturated rings. The van der Waals surface area contributed by atoms with E-state index in [0.29, 0.717) is 5.16 Å². The second-order valence-corrected chi connectivity index (χ2v) is 6.67. The zero-order valence-corrected chi connectivity index (χ0v) is 13.7. The Labute approximate surface area is 128 Å². The first-order valence-corrected chi connectivity index (χ1v) is 7.90. The number of nitrogens with two attached hydrogens (primary N) is 1. The van der Waals surface area contributed by atoms with Crippen LogP contribution in [0.25, 0.3) is 0 Å². The van der Waals surface area contributed by atoms with Crippen molar-refractivity contribution in [3.8, 4) is 0 Å². The van der Waals surface area contributed by atoms with Crippen LogP contribution in [0, 0.1) is 6.92 Å². The number of H-pyrrole nitrogens is 1. The number of nitrogens with zero attached hydrogens (tertiary/aromatic N) is 2. The topological polar surface area (TPSA) is 76.7 Å². The van der Waals surface area contributed by atoms with Crippen molar-refractivity contribution in [3.05, 3.63) is 39.8 Å². The smallest absolute Gasteiger partial charge is 0.328 e. The van der Waals surface area contributed by atoms with Gasteiger partial charge < -0.3 is 5.73 Å². The van der Waals surface area contributed by atoms with Crippen LogP contribution in [0.5, 0.6) is 0 Å². The van der Waals surface area contributed by atoms with E-state index in [0.717, 1.165) is 11.3 Å². The fraction of sp³-hybridized carbons (Fsp3) is 0.467. The molecule has 114 valence electrons. The number of aromatic amines is 1. The Kier molecular flexibility index (Phi) is 4.90. The van der Waals surface area contributed by atoms with Crippen LogP contribution in [0.15, 0.2) is 33.0 Å². The van der Waals surface area contributed by atoms with Gasteiger partial charge in [0.05, 0.1) is 0 Å². The second-order valence-electron chi connectivity index (χ2n) is 5.66. The summed E-state index contributed by atoms with van der Waals surface area (Å²) in [5, 5.41) is 7.32. The van der Waals surface area contributed by atoms with Gasteiger partial charge in [0.2, 0.25) is 0 Å². The van der Waals surface area contributed by atoms with E-state index in [1.165, 1.54) is 22.9 Å². The minimum Gasteiger partial charge on any atom is -0.328 e. The number of aryl methyl sites for hydroxylation is 1. The summed E-state index contributed by atoms with van der Waals surface area (Å²) in [5.41, 5.74) is 8.07. The molecule has 1 aromatic carbocycles. The van der Waals surface area contributed by atoms with E-state index in [-0.39, 0.29) is 17.8 Å². The first-order valence-electron chi connectivity index (χ1n) is 7.08. The molecule has 0 amide bonds. The highest BCUT2D eigenvalue weighted by Gasteiger charge is 2.14. The molecule has 0 saturated carbocycles. The van der Waals surface area contributed by atoms with E-state index in [9.17, 15) is 4.79 Å². The van der Waals surface area contributed by atoms with E-state index < -0.39 is 0 Å². The number of hydrogen-bond acceptors (Lipinski definition) is 4. The third kappa shape index (κ3) is 3.77. The number of nitrogens with one attached hydrogen (secondary N) is 1. The monoisotopic (exact) mass is 306 g/mol. The first-order chi connectivity index (χ1) is 9.88.